The zero-order valence-electron chi connectivity index (χ0n) is 21.2. The van der Waals surface area contributed by atoms with Crippen molar-refractivity contribution in [3.8, 4) is 17.2 Å². The molecule has 0 spiro atoms. The van der Waals surface area contributed by atoms with Gasteiger partial charge in [0.15, 0.2) is 5.58 Å². The molecule has 9 nitrogen and oxygen atoms in total. The fourth-order valence-electron chi connectivity index (χ4n) is 3.64. The van der Waals surface area contributed by atoms with E-state index < -0.39 is 29.7 Å². The summed E-state index contributed by atoms with van der Waals surface area (Å²) in [5.41, 5.74) is 1.44. The molecule has 3 aromatic carbocycles. The Morgan fingerprint density at radius 3 is 2.41 bits per heavy atom. The number of benzene rings is 3. The van der Waals surface area contributed by atoms with Gasteiger partial charge in [-0.2, -0.15) is 0 Å². The maximum atomic E-state index is 12.9. The van der Waals surface area contributed by atoms with Crippen molar-refractivity contribution in [2.45, 2.75) is 38.8 Å². The number of amides is 1. The van der Waals surface area contributed by atoms with Gasteiger partial charge in [0.05, 0.1) is 5.56 Å². The highest BCUT2D eigenvalue weighted by Crippen LogP contribution is 2.30. The number of aromatic nitrogens is 1. The quantitative estimate of drug-likeness (QED) is 0.189. The van der Waals surface area contributed by atoms with Gasteiger partial charge in [-0.05, 0) is 74.9 Å². The molecular formula is C28H24Cl2N2O7. The minimum Gasteiger partial charge on any atom is -0.480 e. The van der Waals surface area contributed by atoms with Crippen molar-refractivity contribution in [3.05, 3.63) is 81.8 Å². The number of aliphatic carboxylic acids is 1. The molecular weight excluding hydrogens is 547 g/mol. The van der Waals surface area contributed by atoms with Crippen molar-refractivity contribution >= 4 is 52.3 Å². The number of oxazole rings is 1. The Bertz CT molecular complexity index is 1540. The van der Waals surface area contributed by atoms with Crippen LogP contribution in [-0.2, 0) is 16.0 Å². The summed E-state index contributed by atoms with van der Waals surface area (Å²) in [4.78, 5) is 41.0. The molecule has 1 atom stereocenters. The first kappa shape index (κ1) is 27.9. The first-order valence-corrected chi connectivity index (χ1v) is 12.5. The molecule has 39 heavy (non-hydrogen) atoms. The van der Waals surface area contributed by atoms with Crippen LogP contribution in [0.4, 0.5) is 4.79 Å². The number of carbonyl (C=O) groups excluding carboxylic acids is 2. The molecule has 0 aliphatic heterocycles. The molecule has 0 aliphatic rings. The van der Waals surface area contributed by atoms with Crippen LogP contribution < -0.4 is 10.1 Å². The predicted octanol–water partition coefficient (Wildman–Crippen LogP) is 6.54. The zero-order chi connectivity index (χ0) is 28.3. The lowest BCUT2D eigenvalue weighted by molar-refractivity contribution is -0.139. The molecule has 0 saturated heterocycles. The maximum Gasteiger partial charge on any atom is 0.408 e. The Hall–Kier alpha value is -4.08. The van der Waals surface area contributed by atoms with Crippen LogP contribution in [0.5, 0.6) is 5.75 Å². The van der Waals surface area contributed by atoms with E-state index in [-0.39, 0.29) is 17.7 Å². The highest BCUT2D eigenvalue weighted by molar-refractivity contribution is 6.35. The van der Waals surface area contributed by atoms with Gasteiger partial charge in [0.1, 0.15) is 22.9 Å². The van der Waals surface area contributed by atoms with Crippen molar-refractivity contribution < 1.29 is 33.4 Å². The van der Waals surface area contributed by atoms with Gasteiger partial charge < -0.3 is 24.3 Å². The second kappa shape index (κ2) is 11.3. The number of carbonyl (C=O) groups is 3. The summed E-state index contributed by atoms with van der Waals surface area (Å²) in [6.07, 6.45) is -0.901. The van der Waals surface area contributed by atoms with Gasteiger partial charge in [-0.1, -0.05) is 35.3 Å². The van der Waals surface area contributed by atoms with Gasteiger partial charge in [-0.15, -0.1) is 0 Å². The van der Waals surface area contributed by atoms with Crippen LogP contribution >= 0.6 is 23.2 Å². The third kappa shape index (κ3) is 7.49. The number of alkyl carbamates (subject to hydrolysis) is 1. The third-order valence-electron chi connectivity index (χ3n) is 5.27. The summed E-state index contributed by atoms with van der Waals surface area (Å²) in [6, 6.07) is 14.7. The number of ether oxygens (including phenoxy) is 2. The SMILES string of the molecule is CC(C)(C)OC(=O)N[C@@H](Cc1cccc(OC(=O)c2ccc3nc(-c4cc(Cl)cc(Cl)c4)oc3c2)c1)C(=O)O. The van der Waals surface area contributed by atoms with Gasteiger partial charge >= 0.3 is 18.0 Å². The maximum absolute atomic E-state index is 12.9. The summed E-state index contributed by atoms with van der Waals surface area (Å²) in [7, 11) is 0. The van der Waals surface area contributed by atoms with Crippen molar-refractivity contribution in [1.82, 2.24) is 10.3 Å². The second-order valence-electron chi connectivity index (χ2n) is 9.64. The average Bonchev–Trinajstić information content (AvgIpc) is 3.26. The number of hydrogen-bond donors (Lipinski definition) is 2. The molecule has 0 bridgehead atoms. The number of nitrogens with one attached hydrogen (secondary N) is 1. The molecule has 2 N–H and O–H groups in total. The molecule has 11 heteroatoms. The Balaban J connectivity index is 1.47. The van der Waals surface area contributed by atoms with Gasteiger partial charge in [0.25, 0.3) is 0 Å². The topological polar surface area (TPSA) is 128 Å². The second-order valence-corrected chi connectivity index (χ2v) is 10.5. The number of rotatable bonds is 7. The lowest BCUT2D eigenvalue weighted by atomic mass is 10.1. The summed E-state index contributed by atoms with van der Waals surface area (Å²) in [6.45, 7) is 5.03. The molecule has 0 aliphatic carbocycles. The van der Waals surface area contributed by atoms with Gasteiger partial charge in [-0.25, -0.2) is 19.4 Å². The van der Waals surface area contributed by atoms with Crippen LogP contribution in [-0.4, -0.2) is 39.8 Å². The summed E-state index contributed by atoms with van der Waals surface area (Å²) in [5.74, 6) is -1.39. The van der Waals surface area contributed by atoms with Crippen LogP contribution in [0.15, 0.2) is 65.1 Å². The average molecular weight is 571 g/mol. The van der Waals surface area contributed by atoms with E-state index in [0.29, 0.717) is 38.2 Å². The first-order chi connectivity index (χ1) is 18.4. The predicted molar refractivity (Wildman–Crippen MR) is 145 cm³/mol. The summed E-state index contributed by atoms with van der Waals surface area (Å²) < 4.78 is 16.5. The molecule has 1 amide bonds. The number of carboxylic acid groups (broad SMARTS) is 1. The van der Waals surface area contributed by atoms with E-state index in [1.54, 1.807) is 69.3 Å². The molecule has 0 unspecified atom stereocenters. The minimum atomic E-state index is -1.25. The van der Waals surface area contributed by atoms with Crippen molar-refractivity contribution in [3.63, 3.8) is 0 Å². The van der Waals surface area contributed by atoms with E-state index in [9.17, 15) is 19.5 Å². The molecule has 0 saturated carbocycles. The fourth-order valence-corrected chi connectivity index (χ4v) is 4.17. The van der Waals surface area contributed by atoms with E-state index in [1.807, 2.05) is 0 Å². The molecule has 1 aromatic heterocycles. The minimum absolute atomic E-state index is 0.0553. The standard InChI is InChI=1S/C28H24Cl2N2O7/c1-28(2,3)39-27(36)32-22(25(33)34)10-15-5-4-6-20(9-15)37-26(35)16-7-8-21-23(13-16)38-24(31-21)17-11-18(29)14-19(30)12-17/h4-9,11-14,22H,10H2,1-3H3,(H,32,36)(H,33,34)/t22-/m0/s1. The van der Waals surface area contributed by atoms with Crippen LogP contribution in [0.25, 0.3) is 22.6 Å². The molecule has 202 valence electrons. The molecule has 1 heterocycles. The Kier molecular flexibility index (Phi) is 8.13. The van der Waals surface area contributed by atoms with Crippen LogP contribution in [0.1, 0.15) is 36.7 Å². The van der Waals surface area contributed by atoms with E-state index >= 15 is 0 Å². The smallest absolute Gasteiger partial charge is 0.408 e. The number of halogens is 2. The fraction of sp³-hybridized carbons (Fsp3) is 0.214. The van der Waals surface area contributed by atoms with Crippen LogP contribution in [0.2, 0.25) is 10.0 Å². The van der Waals surface area contributed by atoms with Crippen molar-refractivity contribution in [1.29, 1.82) is 0 Å². The Morgan fingerprint density at radius 2 is 1.74 bits per heavy atom. The highest BCUT2D eigenvalue weighted by atomic mass is 35.5. The van der Waals surface area contributed by atoms with E-state index in [4.69, 9.17) is 37.1 Å². The van der Waals surface area contributed by atoms with E-state index in [0.717, 1.165) is 0 Å². The molecule has 0 radical (unpaired) electrons. The third-order valence-corrected chi connectivity index (χ3v) is 5.71. The van der Waals surface area contributed by atoms with Crippen LogP contribution in [0, 0.1) is 0 Å². The summed E-state index contributed by atoms with van der Waals surface area (Å²) >= 11 is 12.1. The molecule has 0 fully saturated rings. The van der Waals surface area contributed by atoms with Gasteiger partial charge in [0, 0.05) is 22.0 Å². The number of esters is 1. The Labute approximate surface area is 233 Å². The van der Waals surface area contributed by atoms with E-state index in [2.05, 4.69) is 10.3 Å². The first-order valence-electron chi connectivity index (χ1n) is 11.8. The monoisotopic (exact) mass is 570 g/mol. The highest BCUT2D eigenvalue weighted by Gasteiger charge is 2.24. The number of nitrogens with zero attached hydrogens (tertiary/aromatic N) is 1. The number of hydrogen-bond acceptors (Lipinski definition) is 7. The molecule has 4 aromatic rings. The largest absolute Gasteiger partial charge is 0.480 e. The number of fused-ring (bicyclic) bond motifs is 1. The van der Waals surface area contributed by atoms with Gasteiger partial charge in [0.2, 0.25) is 5.89 Å². The zero-order valence-corrected chi connectivity index (χ0v) is 22.7. The van der Waals surface area contributed by atoms with Crippen LogP contribution in [0.3, 0.4) is 0 Å². The number of carboxylic acids is 1. The normalized spacial score (nSPS) is 12.1. The van der Waals surface area contributed by atoms with Crippen molar-refractivity contribution in [2.24, 2.45) is 0 Å². The van der Waals surface area contributed by atoms with E-state index in [1.165, 1.54) is 12.1 Å². The Morgan fingerprint density at radius 1 is 1.03 bits per heavy atom. The lowest BCUT2D eigenvalue weighted by Crippen LogP contribution is -2.44. The lowest BCUT2D eigenvalue weighted by Gasteiger charge is -2.22. The van der Waals surface area contributed by atoms with Gasteiger partial charge in [-0.3, -0.25) is 0 Å². The summed E-state index contributed by atoms with van der Waals surface area (Å²) in [5, 5.41) is 12.8. The van der Waals surface area contributed by atoms with Crippen molar-refractivity contribution in [2.75, 3.05) is 0 Å². The molecule has 4 rings (SSSR count).